The van der Waals surface area contributed by atoms with E-state index >= 15 is 0 Å². The van der Waals surface area contributed by atoms with Crippen molar-refractivity contribution in [3.05, 3.63) is 64.9 Å². The zero-order valence-corrected chi connectivity index (χ0v) is 18.2. The first-order chi connectivity index (χ1) is 14.1. The lowest BCUT2D eigenvalue weighted by Gasteiger charge is -2.40. The number of anilines is 1. The first-order valence-corrected chi connectivity index (χ1v) is 10.4. The van der Waals surface area contributed by atoms with Crippen LogP contribution in [0.2, 0.25) is 0 Å². The number of halogens is 1. The van der Waals surface area contributed by atoms with Crippen molar-refractivity contribution in [2.24, 2.45) is 5.41 Å². The summed E-state index contributed by atoms with van der Waals surface area (Å²) in [4.78, 5) is 13.0. The maximum Gasteiger partial charge on any atom is 0.232 e. The van der Waals surface area contributed by atoms with Gasteiger partial charge in [0.1, 0.15) is 22.7 Å². The van der Waals surface area contributed by atoms with Crippen molar-refractivity contribution in [3.63, 3.8) is 0 Å². The van der Waals surface area contributed by atoms with Crippen molar-refractivity contribution in [1.29, 1.82) is 5.41 Å². The van der Waals surface area contributed by atoms with Gasteiger partial charge in [0.15, 0.2) is 0 Å². The van der Waals surface area contributed by atoms with Crippen LogP contribution in [0.3, 0.4) is 0 Å². The third kappa shape index (κ3) is 4.29. The molecule has 2 aromatic carbocycles. The molecule has 0 spiro atoms. The maximum atomic E-state index is 13.2. The number of hydrogen-bond acceptors (Lipinski definition) is 5. The average Bonchev–Trinajstić information content (AvgIpc) is 3.22. The number of carbonyl (C=O) groups excluding carboxylic acids is 1. The molecule has 1 amide bonds. The molecule has 0 bridgehead atoms. The van der Waals surface area contributed by atoms with Gasteiger partial charge in [-0.1, -0.05) is 45.1 Å². The number of amides is 1. The molecular weight excluding hydrogens is 401 g/mol. The Labute approximate surface area is 179 Å². The molecule has 3 aromatic rings. The van der Waals surface area contributed by atoms with Gasteiger partial charge in [-0.15, -0.1) is 10.2 Å². The fourth-order valence-corrected chi connectivity index (χ4v) is 3.52. The van der Waals surface area contributed by atoms with Gasteiger partial charge in [0.2, 0.25) is 11.0 Å². The van der Waals surface area contributed by atoms with Gasteiger partial charge in [-0.3, -0.25) is 10.1 Å². The molecule has 0 aliphatic rings. The Morgan fingerprint density at radius 2 is 1.87 bits per heavy atom. The number of nitrogens with zero attached hydrogens (tertiary/aromatic N) is 2. The van der Waals surface area contributed by atoms with E-state index in [0.717, 1.165) is 22.5 Å². The van der Waals surface area contributed by atoms with Crippen molar-refractivity contribution in [2.75, 3.05) is 5.32 Å². The Bertz CT molecular complexity index is 1050. The van der Waals surface area contributed by atoms with Crippen molar-refractivity contribution in [3.8, 4) is 0 Å². The van der Waals surface area contributed by atoms with E-state index in [1.807, 2.05) is 51.2 Å². The topological polar surface area (TPSA) is 95.3 Å². The van der Waals surface area contributed by atoms with Crippen molar-refractivity contribution in [2.45, 2.75) is 33.1 Å². The first-order valence-electron chi connectivity index (χ1n) is 9.48. The van der Waals surface area contributed by atoms with Crippen LogP contribution >= 0.6 is 11.3 Å². The summed E-state index contributed by atoms with van der Waals surface area (Å²) in [5, 5.41) is 20.7. The second-order valence-electron chi connectivity index (χ2n) is 8.13. The third-order valence-electron chi connectivity index (χ3n) is 5.87. The summed E-state index contributed by atoms with van der Waals surface area (Å²) in [7, 11) is 0. The van der Waals surface area contributed by atoms with Crippen LogP contribution in [0.15, 0.2) is 48.0 Å². The molecule has 156 valence electrons. The molecule has 0 fully saturated rings. The first kappa shape index (κ1) is 21.7. The standard InChI is InChI=1S/C22H24FN5OS/c1-21(2,22(3,4)19(29)27-20-28-25-13-30-20)15-5-10-18(14(11-15)12-24)26-17-8-6-16(23)7-9-17/h5-13,24,26H,1-4H3,(H,27,28,29)/p+1. The molecule has 3 rings (SSSR count). The van der Waals surface area contributed by atoms with Crippen LogP contribution < -0.4 is 10.6 Å². The lowest BCUT2D eigenvalue weighted by Crippen LogP contribution is -2.71. The largest absolute Gasteiger partial charge is 0.308 e. The fraction of sp³-hybridized carbons (Fsp3) is 0.273. The van der Waals surface area contributed by atoms with Gasteiger partial charge in [-0.05, 0) is 23.8 Å². The summed E-state index contributed by atoms with van der Waals surface area (Å²) in [6, 6.07) is 12.0. The van der Waals surface area contributed by atoms with E-state index in [9.17, 15) is 9.18 Å². The molecule has 0 radical (unpaired) electrons. The number of rotatable bonds is 7. The van der Waals surface area contributed by atoms with E-state index in [1.54, 1.807) is 17.6 Å². The highest BCUT2D eigenvalue weighted by atomic mass is 32.1. The second kappa shape index (κ2) is 8.41. The molecule has 0 unspecified atom stereocenters. The quantitative estimate of drug-likeness (QED) is 0.391. The van der Waals surface area contributed by atoms with E-state index in [4.69, 9.17) is 5.41 Å². The predicted molar refractivity (Wildman–Crippen MR) is 117 cm³/mol. The van der Waals surface area contributed by atoms with E-state index in [-0.39, 0.29) is 11.7 Å². The summed E-state index contributed by atoms with van der Waals surface area (Å²) < 4.78 is 13.2. The van der Waals surface area contributed by atoms with E-state index in [1.165, 1.54) is 29.7 Å². The van der Waals surface area contributed by atoms with Crippen molar-refractivity contribution >= 4 is 40.0 Å². The number of hydrogen-bond donors (Lipinski definition) is 3. The molecule has 1 aromatic heterocycles. The number of carbonyl (C=O) groups is 1. The number of nitrogens with one attached hydrogen (secondary N) is 2. The van der Waals surface area contributed by atoms with Gasteiger partial charge in [-0.2, -0.15) is 0 Å². The van der Waals surface area contributed by atoms with Gasteiger partial charge in [0.05, 0.1) is 11.0 Å². The smallest absolute Gasteiger partial charge is 0.232 e. The highest BCUT2D eigenvalue weighted by molar-refractivity contribution is 7.13. The zero-order chi connectivity index (χ0) is 21.9. The Morgan fingerprint density at radius 1 is 1.17 bits per heavy atom. The summed E-state index contributed by atoms with van der Waals surface area (Å²) in [5.74, 6) is -0.437. The Morgan fingerprint density at radius 3 is 2.47 bits per heavy atom. The second-order valence-corrected chi connectivity index (χ2v) is 8.97. The molecule has 6 nitrogen and oxygen atoms in total. The highest BCUT2D eigenvalue weighted by Crippen LogP contribution is 2.42. The molecule has 8 heteroatoms. The minimum atomic E-state index is -0.764. The summed E-state index contributed by atoms with van der Waals surface area (Å²) in [5.41, 5.74) is 3.64. The van der Waals surface area contributed by atoms with Crippen LogP contribution in [0.5, 0.6) is 0 Å². The SMILES string of the molecule is CC(C)(C(=O)Nc1nncs1)C(C)(C)c1ccc([NH2+]c2ccc(F)cc2)c(C=N)c1. The number of quaternary nitrogens is 1. The molecule has 0 saturated carbocycles. The van der Waals surface area contributed by atoms with Crippen LogP contribution in [0.4, 0.5) is 20.9 Å². The number of aromatic nitrogens is 2. The minimum absolute atomic E-state index is 0.150. The van der Waals surface area contributed by atoms with Crippen LogP contribution in [0.1, 0.15) is 38.8 Å². The van der Waals surface area contributed by atoms with Crippen LogP contribution in [0, 0.1) is 16.6 Å². The Kier molecular flexibility index (Phi) is 6.09. The van der Waals surface area contributed by atoms with Crippen LogP contribution in [-0.2, 0) is 10.2 Å². The lowest BCUT2D eigenvalue weighted by atomic mass is 9.63. The van der Waals surface area contributed by atoms with Crippen LogP contribution in [-0.4, -0.2) is 22.3 Å². The lowest BCUT2D eigenvalue weighted by molar-refractivity contribution is -0.478. The highest BCUT2D eigenvalue weighted by Gasteiger charge is 2.44. The Hall–Kier alpha value is -2.97. The van der Waals surface area contributed by atoms with Gasteiger partial charge in [0, 0.05) is 29.8 Å². The predicted octanol–water partition coefficient (Wildman–Crippen LogP) is 4.14. The van der Waals surface area contributed by atoms with Gasteiger partial charge in [-0.25, -0.2) is 4.39 Å². The maximum absolute atomic E-state index is 13.2. The molecule has 1 heterocycles. The monoisotopic (exact) mass is 426 g/mol. The van der Waals surface area contributed by atoms with Gasteiger partial charge in [0.25, 0.3) is 0 Å². The molecule has 4 N–H and O–H groups in total. The van der Waals surface area contributed by atoms with Gasteiger partial charge >= 0.3 is 0 Å². The molecule has 0 aliphatic carbocycles. The number of nitrogens with two attached hydrogens (primary N) is 1. The van der Waals surface area contributed by atoms with E-state index in [0.29, 0.717) is 5.13 Å². The normalized spacial score (nSPS) is 11.9. The summed E-state index contributed by atoms with van der Waals surface area (Å²) >= 11 is 1.27. The minimum Gasteiger partial charge on any atom is -0.308 e. The van der Waals surface area contributed by atoms with E-state index < -0.39 is 10.8 Å². The van der Waals surface area contributed by atoms with Crippen LogP contribution in [0.25, 0.3) is 0 Å². The fourth-order valence-electron chi connectivity index (χ4n) is 3.08. The average molecular weight is 427 g/mol. The van der Waals surface area contributed by atoms with Crippen molar-refractivity contribution < 1.29 is 14.5 Å². The van der Waals surface area contributed by atoms with E-state index in [2.05, 4.69) is 15.5 Å². The van der Waals surface area contributed by atoms with Gasteiger partial charge < -0.3 is 10.7 Å². The molecule has 30 heavy (non-hydrogen) atoms. The molecular formula is C22H25FN5OS+. The molecule has 0 atom stereocenters. The third-order valence-corrected chi connectivity index (χ3v) is 6.47. The Balaban J connectivity index is 1.88. The summed E-state index contributed by atoms with van der Waals surface area (Å²) in [6.45, 7) is 7.82. The zero-order valence-electron chi connectivity index (χ0n) is 17.4. The molecule has 0 aliphatic heterocycles. The number of benzene rings is 2. The summed E-state index contributed by atoms with van der Waals surface area (Å²) in [6.07, 6.45) is 1.29. The van der Waals surface area contributed by atoms with Crippen molar-refractivity contribution in [1.82, 2.24) is 10.2 Å². The molecule has 0 saturated heterocycles.